The summed E-state index contributed by atoms with van der Waals surface area (Å²) in [5, 5.41) is 0. The fraction of sp³-hybridized carbons (Fsp3) is 0.206. The van der Waals surface area contributed by atoms with Crippen LogP contribution in [0.4, 0.5) is 0 Å². The van der Waals surface area contributed by atoms with Crippen molar-refractivity contribution in [3.8, 4) is 34.5 Å². The van der Waals surface area contributed by atoms with Gasteiger partial charge in [-0.25, -0.2) is 0 Å². The van der Waals surface area contributed by atoms with Crippen molar-refractivity contribution in [1.82, 2.24) is 0 Å². The first kappa shape index (κ1) is 26.3. The Morgan fingerprint density at radius 1 is 0.756 bits per heavy atom. The summed E-state index contributed by atoms with van der Waals surface area (Å²) in [5.41, 5.74) is 4.14. The Balaban J connectivity index is 1.61. The summed E-state index contributed by atoms with van der Waals surface area (Å²) in [6, 6.07) is 26.1. The van der Waals surface area contributed by atoms with E-state index in [1.165, 1.54) is 0 Å². The van der Waals surface area contributed by atoms with Crippen LogP contribution in [0, 0.1) is 0 Å². The normalized spacial score (nSPS) is 15.3. The van der Waals surface area contributed by atoms with Crippen molar-refractivity contribution in [3.05, 3.63) is 113 Å². The molecule has 208 valence electrons. The number of ether oxygens (including phenoxy) is 6. The van der Waals surface area contributed by atoms with E-state index in [9.17, 15) is 4.79 Å². The minimum atomic E-state index is -0.722. The van der Waals surface area contributed by atoms with Crippen molar-refractivity contribution < 1.29 is 33.2 Å². The SMILES string of the molecule is COc1ccc(C(=O)C2=C(c3ccc(OC)cc3)c3cc(OC(C)C)ccc3OC2c2ccc3c(c2)OCO3)cc1. The lowest BCUT2D eigenvalue weighted by Gasteiger charge is -2.32. The van der Waals surface area contributed by atoms with E-state index < -0.39 is 6.10 Å². The van der Waals surface area contributed by atoms with E-state index in [1.807, 2.05) is 74.5 Å². The molecule has 4 aromatic rings. The molecule has 0 aliphatic carbocycles. The molecule has 1 atom stereocenters. The summed E-state index contributed by atoms with van der Waals surface area (Å²) in [6.45, 7) is 4.10. The van der Waals surface area contributed by atoms with Crippen molar-refractivity contribution in [3.63, 3.8) is 0 Å². The molecule has 4 aromatic carbocycles. The Labute approximate surface area is 238 Å². The highest BCUT2D eigenvalue weighted by Gasteiger charge is 2.36. The quantitative estimate of drug-likeness (QED) is 0.218. The smallest absolute Gasteiger partial charge is 0.231 e. The van der Waals surface area contributed by atoms with Crippen molar-refractivity contribution in [2.24, 2.45) is 0 Å². The molecule has 0 bridgehead atoms. The van der Waals surface area contributed by atoms with Crippen LogP contribution in [0.15, 0.2) is 90.5 Å². The molecule has 0 saturated heterocycles. The average Bonchev–Trinajstić information content (AvgIpc) is 3.48. The molecule has 0 fully saturated rings. The average molecular weight is 551 g/mol. The van der Waals surface area contributed by atoms with Crippen LogP contribution >= 0.6 is 0 Å². The lowest BCUT2D eigenvalue weighted by atomic mass is 9.82. The summed E-state index contributed by atoms with van der Waals surface area (Å²) in [4.78, 5) is 14.5. The van der Waals surface area contributed by atoms with Gasteiger partial charge in [-0.3, -0.25) is 4.79 Å². The van der Waals surface area contributed by atoms with Gasteiger partial charge in [-0.05, 0) is 86.1 Å². The lowest BCUT2D eigenvalue weighted by Crippen LogP contribution is -2.24. The predicted molar refractivity (Wildman–Crippen MR) is 154 cm³/mol. The summed E-state index contributed by atoms with van der Waals surface area (Å²) >= 11 is 0. The monoisotopic (exact) mass is 550 g/mol. The number of fused-ring (bicyclic) bond motifs is 2. The molecule has 41 heavy (non-hydrogen) atoms. The largest absolute Gasteiger partial charge is 0.497 e. The van der Waals surface area contributed by atoms with Gasteiger partial charge in [0.25, 0.3) is 0 Å². The Bertz CT molecular complexity index is 1620. The molecule has 1 unspecified atom stereocenters. The van der Waals surface area contributed by atoms with E-state index >= 15 is 0 Å². The molecule has 0 saturated carbocycles. The van der Waals surface area contributed by atoms with Crippen molar-refractivity contribution in [2.75, 3.05) is 21.0 Å². The molecule has 0 N–H and O–H groups in total. The van der Waals surface area contributed by atoms with Crippen molar-refractivity contribution >= 4 is 11.4 Å². The van der Waals surface area contributed by atoms with Crippen molar-refractivity contribution in [1.29, 1.82) is 0 Å². The number of ketones is 1. The maximum Gasteiger partial charge on any atom is 0.231 e. The molecule has 0 spiro atoms. The Kier molecular flexibility index (Phi) is 7.01. The number of hydrogen-bond acceptors (Lipinski definition) is 7. The van der Waals surface area contributed by atoms with Gasteiger partial charge in [-0.1, -0.05) is 18.2 Å². The van der Waals surface area contributed by atoms with Gasteiger partial charge in [0, 0.05) is 22.3 Å². The molecule has 6 rings (SSSR count). The summed E-state index contributed by atoms with van der Waals surface area (Å²) in [5.74, 6) is 3.81. The molecule has 2 aliphatic heterocycles. The first-order valence-corrected chi connectivity index (χ1v) is 13.4. The first-order chi connectivity index (χ1) is 19.9. The van der Waals surface area contributed by atoms with Crippen LogP contribution in [0.1, 0.15) is 47.0 Å². The third-order valence-corrected chi connectivity index (χ3v) is 7.04. The first-order valence-electron chi connectivity index (χ1n) is 13.4. The van der Waals surface area contributed by atoms with Gasteiger partial charge < -0.3 is 28.4 Å². The molecule has 0 radical (unpaired) electrons. The number of rotatable bonds is 8. The topological polar surface area (TPSA) is 72.5 Å². The van der Waals surface area contributed by atoms with Gasteiger partial charge in [-0.15, -0.1) is 0 Å². The molecular weight excluding hydrogens is 520 g/mol. The van der Waals surface area contributed by atoms with Crippen LogP contribution < -0.4 is 28.4 Å². The number of carbonyl (C=O) groups excluding carboxylic acids is 1. The maximum atomic E-state index is 14.5. The number of benzene rings is 4. The van der Waals surface area contributed by atoms with Crippen LogP contribution in [-0.2, 0) is 0 Å². The molecule has 2 heterocycles. The zero-order valence-corrected chi connectivity index (χ0v) is 23.3. The standard InChI is InChI=1S/C34H30O7/c1-20(2)40-26-14-16-28-27(18-26)31(21-5-10-24(36-3)11-6-21)32(33(35)22-7-12-25(37-4)13-8-22)34(41-28)23-9-15-29-30(17-23)39-19-38-29/h5-18,20,34H,19H2,1-4H3. The van der Waals surface area contributed by atoms with Gasteiger partial charge >= 0.3 is 0 Å². The van der Waals surface area contributed by atoms with E-state index in [-0.39, 0.29) is 18.7 Å². The van der Waals surface area contributed by atoms with Gasteiger partial charge in [0.15, 0.2) is 23.4 Å². The molecule has 7 heteroatoms. The Hall–Kier alpha value is -4.91. The summed E-state index contributed by atoms with van der Waals surface area (Å²) in [7, 11) is 3.22. The molecule has 7 nitrogen and oxygen atoms in total. The molecule has 0 aromatic heterocycles. The minimum Gasteiger partial charge on any atom is -0.497 e. The number of hydrogen-bond donors (Lipinski definition) is 0. The number of methoxy groups -OCH3 is 2. The molecule has 0 amide bonds. The van der Waals surface area contributed by atoms with Gasteiger partial charge in [0.05, 0.1) is 25.9 Å². The van der Waals surface area contributed by atoms with E-state index in [0.717, 1.165) is 22.3 Å². The third-order valence-electron chi connectivity index (χ3n) is 7.04. The fourth-order valence-electron chi connectivity index (χ4n) is 5.12. The Morgan fingerprint density at radius 2 is 1.39 bits per heavy atom. The van der Waals surface area contributed by atoms with Crippen molar-refractivity contribution in [2.45, 2.75) is 26.1 Å². The van der Waals surface area contributed by atoms with Gasteiger partial charge in [-0.2, -0.15) is 0 Å². The summed E-state index contributed by atoms with van der Waals surface area (Å²) in [6.07, 6.45) is -0.742. The van der Waals surface area contributed by atoms with E-state index in [2.05, 4.69) is 0 Å². The third kappa shape index (κ3) is 5.07. The Morgan fingerprint density at radius 3 is 2.07 bits per heavy atom. The second kappa shape index (κ2) is 10.9. The van der Waals surface area contributed by atoms with Crippen LogP contribution in [0.2, 0.25) is 0 Å². The second-order valence-electron chi connectivity index (χ2n) is 10.0. The zero-order chi connectivity index (χ0) is 28.5. The second-order valence-corrected chi connectivity index (χ2v) is 10.0. The maximum absolute atomic E-state index is 14.5. The highest BCUT2D eigenvalue weighted by atomic mass is 16.7. The minimum absolute atomic E-state index is 0.0206. The van der Waals surface area contributed by atoms with E-state index in [0.29, 0.717) is 45.6 Å². The lowest BCUT2D eigenvalue weighted by molar-refractivity contribution is 0.0994. The number of Topliss-reactive ketones (excluding diaryl/α,β-unsaturated/α-hetero) is 1. The summed E-state index contributed by atoms with van der Waals surface area (Å²) < 4.78 is 34.7. The number of carbonyl (C=O) groups is 1. The zero-order valence-electron chi connectivity index (χ0n) is 23.3. The van der Waals surface area contributed by atoms with Gasteiger partial charge in [0.2, 0.25) is 6.79 Å². The van der Waals surface area contributed by atoms with Crippen LogP contribution in [-0.4, -0.2) is 32.9 Å². The van der Waals surface area contributed by atoms with Crippen LogP contribution in [0.3, 0.4) is 0 Å². The molecular formula is C34H30O7. The van der Waals surface area contributed by atoms with E-state index in [4.69, 9.17) is 28.4 Å². The highest BCUT2D eigenvalue weighted by molar-refractivity contribution is 6.16. The van der Waals surface area contributed by atoms with Gasteiger partial charge in [0.1, 0.15) is 23.0 Å². The molecule has 2 aliphatic rings. The predicted octanol–water partition coefficient (Wildman–Crippen LogP) is 7.04. The fourth-order valence-corrected chi connectivity index (χ4v) is 5.12. The van der Waals surface area contributed by atoms with Crippen LogP contribution in [0.25, 0.3) is 5.57 Å². The van der Waals surface area contributed by atoms with E-state index in [1.54, 1.807) is 38.5 Å². The highest BCUT2D eigenvalue weighted by Crippen LogP contribution is 2.48. The van der Waals surface area contributed by atoms with Crippen LogP contribution in [0.5, 0.6) is 34.5 Å².